The van der Waals surface area contributed by atoms with E-state index in [-0.39, 0.29) is 17.9 Å². The van der Waals surface area contributed by atoms with Crippen molar-refractivity contribution in [3.8, 4) is 0 Å². The SMILES string of the molecule is C[C@@H]1C[C@@H]2CCCC[C@H]2N1C(=O)NC[C@@H]1CC(=O)Nc2ccccc21. The molecule has 1 saturated heterocycles. The van der Waals surface area contributed by atoms with E-state index in [0.717, 1.165) is 24.1 Å². The summed E-state index contributed by atoms with van der Waals surface area (Å²) in [6, 6.07) is 8.65. The summed E-state index contributed by atoms with van der Waals surface area (Å²) in [5.74, 6) is 0.754. The molecule has 1 aromatic carbocycles. The van der Waals surface area contributed by atoms with Gasteiger partial charge in [-0.2, -0.15) is 0 Å². The summed E-state index contributed by atoms with van der Waals surface area (Å²) < 4.78 is 0. The Hall–Kier alpha value is -2.04. The zero-order chi connectivity index (χ0) is 17.4. The van der Waals surface area contributed by atoms with Gasteiger partial charge in [0.05, 0.1) is 0 Å². The summed E-state index contributed by atoms with van der Waals surface area (Å²) in [6.45, 7) is 2.69. The van der Waals surface area contributed by atoms with Gasteiger partial charge in [0.15, 0.2) is 0 Å². The van der Waals surface area contributed by atoms with E-state index >= 15 is 0 Å². The first-order valence-electron chi connectivity index (χ1n) is 9.58. The maximum absolute atomic E-state index is 12.9. The van der Waals surface area contributed by atoms with Crippen LogP contribution in [0.5, 0.6) is 0 Å². The maximum atomic E-state index is 12.9. The second-order valence-corrected chi connectivity index (χ2v) is 7.83. The number of amides is 3. The molecule has 2 heterocycles. The highest BCUT2D eigenvalue weighted by atomic mass is 16.2. The number of nitrogens with zero attached hydrogens (tertiary/aromatic N) is 1. The molecule has 1 aliphatic carbocycles. The van der Waals surface area contributed by atoms with E-state index in [4.69, 9.17) is 0 Å². The van der Waals surface area contributed by atoms with Crippen molar-refractivity contribution < 1.29 is 9.59 Å². The molecule has 4 rings (SSSR count). The summed E-state index contributed by atoms with van der Waals surface area (Å²) in [7, 11) is 0. The Morgan fingerprint density at radius 2 is 2.08 bits per heavy atom. The van der Waals surface area contributed by atoms with Gasteiger partial charge in [-0.15, -0.1) is 0 Å². The van der Waals surface area contributed by atoms with E-state index in [1.807, 2.05) is 24.3 Å². The highest BCUT2D eigenvalue weighted by Gasteiger charge is 2.42. The fourth-order valence-electron chi connectivity index (χ4n) is 5.04. The largest absolute Gasteiger partial charge is 0.337 e. The molecule has 2 aliphatic heterocycles. The fourth-order valence-corrected chi connectivity index (χ4v) is 5.04. The normalized spacial score (nSPS) is 31.1. The Kier molecular flexibility index (Phi) is 4.40. The third-order valence-electron chi connectivity index (χ3n) is 6.19. The Morgan fingerprint density at radius 3 is 2.96 bits per heavy atom. The molecule has 3 aliphatic rings. The molecule has 0 radical (unpaired) electrons. The molecule has 1 saturated carbocycles. The van der Waals surface area contributed by atoms with E-state index < -0.39 is 0 Å². The second kappa shape index (κ2) is 6.70. The van der Waals surface area contributed by atoms with Crippen LogP contribution in [0.1, 0.15) is 56.9 Å². The van der Waals surface area contributed by atoms with Gasteiger partial charge in [0.2, 0.25) is 5.91 Å². The molecular weight excluding hydrogens is 314 g/mol. The van der Waals surface area contributed by atoms with E-state index in [1.54, 1.807) is 0 Å². The molecule has 3 amide bonds. The third-order valence-corrected chi connectivity index (χ3v) is 6.19. The lowest BCUT2D eigenvalue weighted by Gasteiger charge is -2.34. The van der Waals surface area contributed by atoms with E-state index in [1.165, 1.54) is 19.3 Å². The summed E-state index contributed by atoms with van der Waals surface area (Å²) >= 11 is 0. The van der Waals surface area contributed by atoms with Crippen molar-refractivity contribution in [2.45, 2.75) is 63.5 Å². The number of likely N-dealkylation sites (tertiary alicyclic amines) is 1. The van der Waals surface area contributed by atoms with Gasteiger partial charge < -0.3 is 15.5 Å². The van der Waals surface area contributed by atoms with Crippen LogP contribution in [-0.2, 0) is 4.79 Å². The Balaban J connectivity index is 1.43. The van der Waals surface area contributed by atoms with Gasteiger partial charge in [-0.3, -0.25) is 4.79 Å². The molecule has 0 unspecified atom stereocenters. The Labute approximate surface area is 149 Å². The van der Waals surface area contributed by atoms with Crippen LogP contribution in [0.4, 0.5) is 10.5 Å². The van der Waals surface area contributed by atoms with Crippen molar-refractivity contribution in [3.63, 3.8) is 0 Å². The molecule has 4 atom stereocenters. The zero-order valence-electron chi connectivity index (χ0n) is 14.8. The summed E-state index contributed by atoms with van der Waals surface area (Å²) in [5.41, 5.74) is 1.99. The van der Waals surface area contributed by atoms with Gasteiger partial charge in [-0.25, -0.2) is 4.79 Å². The number of para-hydroxylation sites is 1. The van der Waals surface area contributed by atoms with Crippen molar-refractivity contribution in [1.82, 2.24) is 10.2 Å². The molecule has 5 heteroatoms. The molecule has 0 spiro atoms. The quantitative estimate of drug-likeness (QED) is 0.865. The number of hydrogen-bond donors (Lipinski definition) is 2. The molecule has 5 nitrogen and oxygen atoms in total. The number of hydrogen-bond acceptors (Lipinski definition) is 2. The van der Waals surface area contributed by atoms with Gasteiger partial charge in [0, 0.05) is 36.7 Å². The Bertz CT molecular complexity index is 675. The molecule has 2 N–H and O–H groups in total. The van der Waals surface area contributed by atoms with Crippen LogP contribution < -0.4 is 10.6 Å². The average Bonchev–Trinajstić information content (AvgIpc) is 2.95. The lowest BCUT2D eigenvalue weighted by Crippen LogP contribution is -2.48. The number of benzene rings is 1. The van der Waals surface area contributed by atoms with Crippen molar-refractivity contribution in [3.05, 3.63) is 29.8 Å². The van der Waals surface area contributed by atoms with Crippen LogP contribution in [0.3, 0.4) is 0 Å². The summed E-state index contributed by atoms with van der Waals surface area (Å²) in [5, 5.41) is 6.04. The first-order chi connectivity index (χ1) is 12.1. The number of fused-ring (bicyclic) bond motifs is 2. The molecule has 0 bridgehead atoms. The topological polar surface area (TPSA) is 61.4 Å². The minimum atomic E-state index is 0.0276. The predicted octanol–water partition coefficient (Wildman–Crippen LogP) is 3.48. The third kappa shape index (κ3) is 3.12. The van der Waals surface area contributed by atoms with Crippen molar-refractivity contribution in [2.24, 2.45) is 5.92 Å². The van der Waals surface area contributed by atoms with Gasteiger partial charge in [-0.1, -0.05) is 31.0 Å². The van der Waals surface area contributed by atoms with Gasteiger partial charge >= 0.3 is 6.03 Å². The molecule has 2 fully saturated rings. The van der Waals surface area contributed by atoms with Crippen LogP contribution in [0.2, 0.25) is 0 Å². The van der Waals surface area contributed by atoms with Crippen molar-refractivity contribution in [1.29, 1.82) is 0 Å². The lowest BCUT2D eigenvalue weighted by molar-refractivity contribution is -0.116. The number of carbonyl (C=O) groups is 2. The minimum Gasteiger partial charge on any atom is -0.337 e. The smallest absolute Gasteiger partial charge is 0.317 e. The highest BCUT2D eigenvalue weighted by Crippen LogP contribution is 2.39. The van der Waals surface area contributed by atoms with Crippen molar-refractivity contribution >= 4 is 17.6 Å². The predicted molar refractivity (Wildman–Crippen MR) is 97.5 cm³/mol. The van der Waals surface area contributed by atoms with E-state index in [0.29, 0.717) is 31.0 Å². The number of urea groups is 1. The van der Waals surface area contributed by atoms with Crippen LogP contribution in [0.15, 0.2) is 24.3 Å². The number of carbonyl (C=O) groups excluding carboxylic acids is 2. The number of anilines is 1. The zero-order valence-corrected chi connectivity index (χ0v) is 14.8. The van der Waals surface area contributed by atoms with Crippen LogP contribution in [0.25, 0.3) is 0 Å². The molecule has 1 aromatic rings. The van der Waals surface area contributed by atoms with Gasteiger partial charge in [0.25, 0.3) is 0 Å². The average molecular weight is 341 g/mol. The minimum absolute atomic E-state index is 0.0276. The number of nitrogens with one attached hydrogen (secondary N) is 2. The van der Waals surface area contributed by atoms with Crippen LogP contribution in [0, 0.1) is 5.92 Å². The van der Waals surface area contributed by atoms with Gasteiger partial charge in [-0.05, 0) is 43.7 Å². The lowest BCUT2D eigenvalue weighted by atomic mass is 9.85. The van der Waals surface area contributed by atoms with E-state index in [2.05, 4.69) is 22.5 Å². The molecule has 0 aromatic heterocycles. The fraction of sp³-hybridized carbons (Fsp3) is 0.600. The molecule has 25 heavy (non-hydrogen) atoms. The molecule has 134 valence electrons. The van der Waals surface area contributed by atoms with Gasteiger partial charge in [0.1, 0.15) is 0 Å². The first-order valence-corrected chi connectivity index (χ1v) is 9.58. The Morgan fingerprint density at radius 1 is 1.28 bits per heavy atom. The van der Waals surface area contributed by atoms with Crippen LogP contribution >= 0.6 is 0 Å². The summed E-state index contributed by atoms with van der Waals surface area (Å²) in [6.07, 6.45) is 6.49. The van der Waals surface area contributed by atoms with E-state index in [9.17, 15) is 9.59 Å². The standard InChI is InChI=1S/C20H27N3O2/c1-13-10-14-6-2-5-9-18(14)23(13)20(25)21-12-15-11-19(24)22-17-8-4-3-7-16(15)17/h3-4,7-8,13-15,18H,2,5-6,9-12H2,1H3,(H,21,25)(H,22,24)/t13-,14+,15+,18-/m1/s1. The molecular formula is C20H27N3O2. The van der Waals surface area contributed by atoms with Crippen LogP contribution in [-0.4, -0.2) is 35.5 Å². The second-order valence-electron chi connectivity index (χ2n) is 7.83. The maximum Gasteiger partial charge on any atom is 0.317 e. The number of rotatable bonds is 2. The first kappa shape index (κ1) is 16.4. The monoisotopic (exact) mass is 341 g/mol. The summed E-state index contributed by atoms with van der Waals surface area (Å²) in [4.78, 5) is 26.9. The highest BCUT2D eigenvalue weighted by molar-refractivity contribution is 5.94. The van der Waals surface area contributed by atoms with Crippen molar-refractivity contribution in [2.75, 3.05) is 11.9 Å².